The molecule has 0 amide bonds. The zero-order valence-corrected chi connectivity index (χ0v) is 7.35. The van der Waals surface area contributed by atoms with Gasteiger partial charge in [0.05, 0.1) is 0 Å². The van der Waals surface area contributed by atoms with Crippen molar-refractivity contribution < 1.29 is 22.4 Å². The maximum absolute atomic E-state index is 12.1. The van der Waals surface area contributed by atoms with Gasteiger partial charge >= 0.3 is 10.8 Å². The molecule has 0 spiro atoms. The Bertz CT molecular complexity index is 151. The second-order valence-electron chi connectivity index (χ2n) is 1.35. The SMILES string of the molecule is O=C(Br)[C@@](F)(Br)C(F)(F)F. The number of rotatable bonds is 1. The Kier molecular flexibility index (Phi) is 2.86. The summed E-state index contributed by atoms with van der Waals surface area (Å²) < 4.78 is 40.6. The highest BCUT2D eigenvalue weighted by Gasteiger charge is 2.59. The Balaban J connectivity index is 4.57. The van der Waals surface area contributed by atoms with Crippen LogP contribution < -0.4 is 0 Å². The number of halogens is 6. The maximum atomic E-state index is 12.1. The molecule has 0 N–H and O–H groups in total. The molecule has 0 unspecified atom stereocenters. The summed E-state index contributed by atoms with van der Waals surface area (Å²) in [5.41, 5.74) is 0. The van der Waals surface area contributed by atoms with Crippen molar-refractivity contribution in [3.8, 4) is 0 Å². The quantitative estimate of drug-likeness (QED) is 0.411. The highest BCUT2D eigenvalue weighted by Crippen LogP contribution is 2.41. The standard InChI is InChI=1S/C3Br2F4O/c4-1(10)2(5,6)3(7,8)9/t2-/m0/s1. The van der Waals surface area contributed by atoms with Gasteiger partial charge in [0.1, 0.15) is 0 Å². The first-order valence-corrected chi connectivity index (χ1v) is 3.42. The van der Waals surface area contributed by atoms with Crippen LogP contribution in [0.3, 0.4) is 0 Å². The molecule has 60 valence electrons. The van der Waals surface area contributed by atoms with E-state index in [2.05, 4.69) is 0 Å². The van der Waals surface area contributed by atoms with Crippen LogP contribution in [0.15, 0.2) is 0 Å². The van der Waals surface area contributed by atoms with E-state index >= 15 is 0 Å². The lowest BCUT2D eigenvalue weighted by Gasteiger charge is -2.16. The number of carbonyl (C=O) groups excluding carboxylic acids is 1. The van der Waals surface area contributed by atoms with Gasteiger partial charge in [-0.1, -0.05) is 0 Å². The topological polar surface area (TPSA) is 17.1 Å². The third-order valence-corrected chi connectivity index (χ3v) is 2.49. The van der Waals surface area contributed by atoms with Gasteiger partial charge in [-0.05, 0) is 31.9 Å². The van der Waals surface area contributed by atoms with Crippen molar-refractivity contribution in [2.24, 2.45) is 0 Å². The lowest BCUT2D eigenvalue weighted by atomic mass is 10.4. The molecule has 0 aliphatic carbocycles. The number of alkyl halides is 5. The van der Waals surface area contributed by atoms with Crippen LogP contribution in [-0.2, 0) is 4.79 Å². The summed E-state index contributed by atoms with van der Waals surface area (Å²) >= 11 is 3.43. The molecule has 0 aliphatic rings. The molecule has 0 rings (SSSR count). The summed E-state index contributed by atoms with van der Waals surface area (Å²) in [4.78, 5) is 9.89. The second-order valence-corrected chi connectivity index (χ2v) is 3.16. The predicted octanol–water partition coefficient (Wildman–Crippen LogP) is 2.53. The van der Waals surface area contributed by atoms with Gasteiger partial charge < -0.3 is 0 Å². The fourth-order valence-electron chi connectivity index (χ4n) is 0.111. The summed E-state index contributed by atoms with van der Waals surface area (Å²) in [5, 5.41) is 0. The molecule has 0 aromatic carbocycles. The Morgan fingerprint density at radius 3 is 1.50 bits per heavy atom. The fourth-order valence-corrected chi connectivity index (χ4v) is 0.336. The van der Waals surface area contributed by atoms with E-state index in [9.17, 15) is 22.4 Å². The molecule has 1 nitrogen and oxygen atoms in total. The number of hydrogen-bond donors (Lipinski definition) is 0. The van der Waals surface area contributed by atoms with Crippen molar-refractivity contribution in [1.82, 2.24) is 0 Å². The first-order chi connectivity index (χ1) is 4.19. The van der Waals surface area contributed by atoms with Crippen LogP contribution in [-0.4, -0.2) is 15.4 Å². The summed E-state index contributed by atoms with van der Waals surface area (Å²) in [6, 6.07) is 0. The summed E-state index contributed by atoms with van der Waals surface area (Å²) in [7, 11) is 0. The molecule has 7 heteroatoms. The molecule has 0 bridgehead atoms. The first-order valence-electron chi connectivity index (χ1n) is 1.84. The zero-order valence-electron chi connectivity index (χ0n) is 4.18. The normalized spacial score (nSPS) is 18.2. The minimum atomic E-state index is -5.23. The Labute approximate surface area is 70.0 Å². The highest BCUT2D eigenvalue weighted by atomic mass is 79.9. The van der Waals surface area contributed by atoms with Crippen LogP contribution in [0.5, 0.6) is 0 Å². The number of carbonyl (C=O) groups is 1. The largest absolute Gasteiger partial charge is 0.441 e. The molecular formula is C3Br2F4O. The van der Waals surface area contributed by atoms with Crippen LogP contribution in [0.2, 0.25) is 0 Å². The lowest BCUT2D eigenvalue weighted by Crippen LogP contribution is -2.39. The molecule has 0 fully saturated rings. The van der Waals surface area contributed by atoms with Crippen molar-refractivity contribution >= 4 is 36.6 Å². The van der Waals surface area contributed by atoms with E-state index in [0.717, 1.165) is 0 Å². The molecule has 0 radical (unpaired) electrons. The molecular weight excluding hydrogens is 288 g/mol. The summed E-state index contributed by atoms with van der Waals surface area (Å²) in [6.45, 7) is 0. The van der Waals surface area contributed by atoms with E-state index in [1.54, 1.807) is 15.9 Å². The van der Waals surface area contributed by atoms with Gasteiger partial charge in [-0.3, -0.25) is 4.79 Å². The minimum absolute atomic E-state index is 1.58. The molecule has 0 saturated carbocycles. The van der Waals surface area contributed by atoms with Crippen LogP contribution in [0.4, 0.5) is 17.6 Å². The summed E-state index contributed by atoms with van der Waals surface area (Å²) in [6.07, 6.45) is -5.23. The highest BCUT2D eigenvalue weighted by molar-refractivity contribution is 9.20. The average molecular weight is 288 g/mol. The third kappa shape index (κ3) is 1.91. The van der Waals surface area contributed by atoms with Gasteiger partial charge in [0.15, 0.2) is 0 Å². The van der Waals surface area contributed by atoms with E-state index in [4.69, 9.17) is 0 Å². The van der Waals surface area contributed by atoms with Crippen molar-refractivity contribution in [2.45, 2.75) is 10.8 Å². The van der Waals surface area contributed by atoms with E-state index in [1.807, 2.05) is 15.9 Å². The predicted molar refractivity (Wildman–Crippen MR) is 32.8 cm³/mol. The van der Waals surface area contributed by atoms with Crippen LogP contribution >= 0.6 is 31.9 Å². The van der Waals surface area contributed by atoms with Crippen LogP contribution in [0.25, 0.3) is 0 Å². The van der Waals surface area contributed by atoms with Crippen molar-refractivity contribution in [3.63, 3.8) is 0 Å². The molecule has 1 atom stereocenters. The molecule has 0 aliphatic heterocycles. The van der Waals surface area contributed by atoms with Crippen molar-refractivity contribution in [3.05, 3.63) is 0 Å². The van der Waals surface area contributed by atoms with Crippen LogP contribution in [0, 0.1) is 0 Å². The van der Waals surface area contributed by atoms with Crippen molar-refractivity contribution in [1.29, 1.82) is 0 Å². The van der Waals surface area contributed by atoms with Gasteiger partial charge in [0, 0.05) is 0 Å². The average Bonchev–Trinajstić information content (AvgIpc) is 1.62. The third-order valence-electron chi connectivity index (χ3n) is 0.603. The van der Waals surface area contributed by atoms with Gasteiger partial charge in [-0.15, -0.1) is 0 Å². The molecule has 0 aromatic rings. The van der Waals surface area contributed by atoms with Gasteiger partial charge in [-0.25, -0.2) is 4.39 Å². The van der Waals surface area contributed by atoms with Gasteiger partial charge in [-0.2, -0.15) is 13.2 Å². The molecule has 0 aromatic heterocycles. The zero-order chi connectivity index (χ0) is 8.58. The van der Waals surface area contributed by atoms with E-state index < -0.39 is 15.4 Å². The summed E-state index contributed by atoms with van der Waals surface area (Å²) in [5.74, 6) is 0. The van der Waals surface area contributed by atoms with Gasteiger partial charge in [0.2, 0.25) is 0 Å². The monoisotopic (exact) mass is 286 g/mol. The second kappa shape index (κ2) is 2.77. The minimum Gasteiger partial charge on any atom is -0.282 e. The lowest BCUT2D eigenvalue weighted by molar-refractivity contribution is -0.189. The van der Waals surface area contributed by atoms with E-state index in [1.165, 1.54) is 0 Å². The Morgan fingerprint density at radius 2 is 1.50 bits per heavy atom. The smallest absolute Gasteiger partial charge is 0.282 e. The van der Waals surface area contributed by atoms with Gasteiger partial charge in [0.25, 0.3) is 4.69 Å². The van der Waals surface area contributed by atoms with E-state index in [0.29, 0.717) is 0 Å². The molecule has 0 saturated heterocycles. The Hall–Kier alpha value is 0.350. The fraction of sp³-hybridized carbons (Fsp3) is 0.667. The van der Waals surface area contributed by atoms with Crippen LogP contribution in [0.1, 0.15) is 0 Å². The molecule has 10 heavy (non-hydrogen) atoms. The van der Waals surface area contributed by atoms with E-state index in [-0.39, 0.29) is 0 Å². The Morgan fingerprint density at radius 1 is 1.20 bits per heavy atom. The maximum Gasteiger partial charge on any atom is 0.441 e. The number of hydrogen-bond acceptors (Lipinski definition) is 1. The van der Waals surface area contributed by atoms with Crippen molar-refractivity contribution in [2.75, 3.05) is 0 Å². The molecule has 0 heterocycles. The first kappa shape index (κ1) is 10.3.